The molecule has 3 rings (SSSR count). The number of sulfone groups is 2. The highest BCUT2D eigenvalue weighted by molar-refractivity contribution is 7.92. The number of nitrogens with zero attached hydrogens (tertiary/aromatic N) is 1. The van der Waals surface area contributed by atoms with Crippen molar-refractivity contribution in [1.29, 1.82) is 0 Å². The lowest BCUT2D eigenvalue weighted by molar-refractivity contribution is -0.00216. The van der Waals surface area contributed by atoms with Crippen LogP contribution in [0.1, 0.15) is 56.9 Å². The van der Waals surface area contributed by atoms with E-state index in [9.17, 15) is 16.8 Å². The summed E-state index contributed by atoms with van der Waals surface area (Å²) in [5, 5.41) is 0.145. The summed E-state index contributed by atoms with van der Waals surface area (Å²) in [6.45, 7) is 5.99. The lowest BCUT2D eigenvalue weighted by Gasteiger charge is -2.37. The largest absolute Gasteiger partial charge is 0.372 e. The molecule has 2 heterocycles. The van der Waals surface area contributed by atoms with Crippen LogP contribution < -0.4 is 0 Å². The maximum absolute atomic E-state index is 13.5. The number of aromatic nitrogens is 1. The Labute approximate surface area is 183 Å². The quantitative estimate of drug-likeness (QED) is 0.644. The molecule has 0 aliphatic carbocycles. The topological polar surface area (TPSA) is 90.4 Å². The zero-order chi connectivity index (χ0) is 22.3. The van der Waals surface area contributed by atoms with Crippen LogP contribution in [0.2, 0.25) is 5.02 Å². The fourth-order valence-corrected chi connectivity index (χ4v) is 6.36. The normalized spacial score (nSPS) is 22.9. The van der Waals surface area contributed by atoms with Crippen LogP contribution in [0.5, 0.6) is 0 Å². The first-order chi connectivity index (χ1) is 13.8. The van der Waals surface area contributed by atoms with Crippen LogP contribution in [-0.4, -0.2) is 39.4 Å². The first kappa shape index (κ1) is 23.2. The molecule has 0 N–H and O–H groups in total. The Kier molecular flexibility index (Phi) is 6.35. The van der Waals surface area contributed by atoms with E-state index >= 15 is 0 Å². The summed E-state index contributed by atoms with van der Waals surface area (Å²) >= 11 is 6.29. The minimum absolute atomic E-state index is 0.00735. The first-order valence-corrected chi connectivity index (χ1v) is 13.4. The minimum atomic E-state index is -3.65. The van der Waals surface area contributed by atoms with Gasteiger partial charge >= 0.3 is 0 Å². The van der Waals surface area contributed by atoms with Crippen LogP contribution in [0, 0.1) is 0 Å². The van der Waals surface area contributed by atoms with Gasteiger partial charge in [0.15, 0.2) is 19.7 Å². The van der Waals surface area contributed by atoms with Gasteiger partial charge in [0.25, 0.3) is 0 Å². The van der Waals surface area contributed by atoms with E-state index in [1.165, 1.54) is 12.3 Å². The van der Waals surface area contributed by atoms with Crippen molar-refractivity contribution in [3.8, 4) is 0 Å². The van der Waals surface area contributed by atoms with E-state index in [1.807, 2.05) is 19.9 Å². The van der Waals surface area contributed by atoms with Gasteiger partial charge in [-0.2, -0.15) is 0 Å². The zero-order valence-electron chi connectivity index (χ0n) is 17.4. The van der Waals surface area contributed by atoms with Gasteiger partial charge in [0.05, 0.1) is 25.3 Å². The summed E-state index contributed by atoms with van der Waals surface area (Å²) in [5.41, 5.74) is 1.31. The van der Waals surface area contributed by atoms with Gasteiger partial charge in [-0.05, 0) is 49.4 Å². The lowest BCUT2D eigenvalue weighted by atomic mass is 9.94. The summed E-state index contributed by atoms with van der Waals surface area (Å²) in [4.78, 5) is 4.50. The number of ether oxygens (including phenoxy) is 1. The van der Waals surface area contributed by atoms with Gasteiger partial charge in [-0.25, -0.2) is 16.8 Å². The molecule has 6 nitrogen and oxygen atoms in total. The number of rotatable bonds is 5. The number of hydrogen-bond acceptors (Lipinski definition) is 6. The maximum atomic E-state index is 13.5. The Hall–Kier alpha value is -1.48. The molecule has 1 fully saturated rings. The van der Waals surface area contributed by atoms with Crippen molar-refractivity contribution in [2.24, 2.45) is 0 Å². The third-order valence-corrected chi connectivity index (χ3v) is 9.55. The molecule has 164 valence electrons. The van der Waals surface area contributed by atoms with Crippen molar-refractivity contribution in [2.45, 2.75) is 60.2 Å². The Balaban J connectivity index is 1.96. The molecule has 2 unspecified atom stereocenters. The fraction of sp³-hybridized carbons (Fsp3) is 0.476. The SMILES string of the molecule is CC(C)c1cccc(S(=O)(=O)C2(C)CCOC(c3ncc(S(C)(=O)=O)cc3Cl)C2)c1. The van der Waals surface area contributed by atoms with Crippen LogP contribution in [0.25, 0.3) is 0 Å². The van der Waals surface area contributed by atoms with E-state index in [2.05, 4.69) is 4.98 Å². The van der Waals surface area contributed by atoms with Gasteiger partial charge < -0.3 is 4.74 Å². The van der Waals surface area contributed by atoms with Crippen LogP contribution in [0.4, 0.5) is 0 Å². The van der Waals surface area contributed by atoms with E-state index in [4.69, 9.17) is 16.3 Å². The predicted octanol–water partition coefficient (Wildman–Crippen LogP) is 4.35. The molecule has 0 saturated carbocycles. The monoisotopic (exact) mass is 471 g/mol. The van der Waals surface area contributed by atoms with Gasteiger partial charge in [0.1, 0.15) is 6.10 Å². The molecule has 1 aliphatic heterocycles. The van der Waals surface area contributed by atoms with Gasteiger partial charge in [0.2, 0.25) is 0 Å². The van der Waals surface area contributed by atoms with Gasteiger partial charge in [-0.15, -0.1) is 0 Å². The Bertz CT molecular complexity index is 1160. The van der Waals surface area contributed by atoms with Crippen molar-refractivity contribution in [2.75, 3.05) is 12.9 Å². The summed E-state index contributed by atoms with van der Waals surface area (Å²) < 4.78 is 55.3. The Morgan fingerprint density at radius 3 is 2.47 bits per heavy atom. The van der Waals surface area contributed by atoms with Crippen LogP contribution in [0.3, 0.4) is 0 Å². The van der Waals surface area contributed by atoms with E-state index in [0.29, 0.717) is 17.0 Å². The number of hydrogen-bond donors (Lipinski definition) is 0. The van der Waals surface area contributed by atoms with E-state index in [1.54, 1.807) is 25.1 Å². The van der Waals surface area contributed by atoms with Crippen molar-refractivity contribution in [3.05, 3.63) is 52.8 Å². The molecule has 30 heavy (non-hydrogen) atoms. The predicted molar refractivity (Wildman–Crippen MR) is 116 cm³/mol. The van der Waals surface area contributed by atoms with Crippen LogP contribution in [-0.2, 0) is 24.4 Å². The van der Waals surface area contributed by atoms with E-state index < -0.39 is 30.5 Å². The third-order valence-electron chi connectivity index (χ3n) is 5.63. The van der Waals surface area contributed by atoms with E-state index in [0.717, 1.165) is 11.8 Å². The van der Waals surface area contributed by atoms with Gasteiger partial charge in [0, 0.05) is 19.1 Å². The molecule has 0 spiro atoms. The highest BCUT2D eigenvalue weighted by atomic mass is 35.5. The van der Waals surface area contributed by atoms with Crippen molar-refractivity contribution in [1.82, 2.24) is 4.98 Å². The molecule has 2 atom stereocenters. The molecule has 1 saturated heterocycles. The Morgan fingerprint density at radius 2 is 1.87 bits per heavy atom. The zero-order valence-corrected chi connectivity index (χ0v) is 19.8. The molecular weight excluding hydrogens is 446 g/mol. The number of pyridine rings is 1. The molecule has 0 radical (unpaired) electrons. The molecule has 1 aliphatic rings. The van der Waals surface area contributed by atoms with Gasteiger partial charge in [-0.3, -0.25) is 4.98 Å². The lowest BCUT2D eigenvalue weighted by Crippen LogP contribution is -2.42. The summed E-state index contributed by atoms with van der Waals surface area (Å²) in [6.07, 6.45) is 2.18. The fourth-order valence-electron chi connectivity index (χ4n) is 3.59. The standard InChI is InChI=1S/C21H26ClNO5S2/c1-14(2)15-6-5-7-16(10-15)30(26,27)21(3)8-9-28-19(12-21)20-18(22)11-17(13-23-20)29(4,24)25/h5-7,10-11,13-14,19H,8-9,12H2,1-4H3. The Morgan fingerprint density at radius 1 is 1.17 bits per heavy atom. The first-order valence-electron chi connectivity index (χ1n) is 9.67. The molecule has 9 heteroatoms. The molecular formula is C21H26ClNO5S2. The third kappa shape index (κ3) is 4.42. The minimum Gasteiger partial charge on any atom is -0.372 e. The van der Waals surface area contributed by atoms with Crippen molar-refractivity contribution in [3.63, 3.8) is 0 Å². The maximum Gasteiger partial charge on any atom is 0.184 e. The molecule has 1 aromatic heterocycles. The summed E-state index contributed by atoms with van der Waals surface area (Å²) in [5.74, 6) is 0.215. The van der Waals surface area contributed by atoms with Crippen LogP contribution in [0.15, 0.2) is 46.3 Å². The van der Waals surface area contributed by atoms with Crippen molar-refractivity contribution < 1.29 is 21.6 Å². The highest BCUT2D eigenvalue weighted by Gasteiger charge is 2.45. The number of halogens is 1. The smallest absolute Gasteiger partial charge is 0.184 e. The number of benzene rings is 1. The van der Waals surface area contributed by atoms with Gasteiger partial charge in [-0.1, -0.05) is 37.6 Å². The molecule has 1 aromatic carbocycles. The second-order valence-electron chi connectivity index (χ2n) is 8.30. The summed E-state index contributed by atoms with van der Waals surface area (Å²) in [6, 6.07) is 8.39. The van der Waals surface area contributed by atoms with Crippen LogP contribution >= 0.6 is 11.6 Å². The molecule has 2 aromatic rings. The second-order valence-corrected chi connectivity index (χ2v) is 13.2. The average Bonchev–Trinajstić information content (AvgIpc) is 2.67. The van der Waals surface area contributed by atoms with Crippen molar-refractivity contribution >= 4 is 31.3 Å². The molecule has 0 amide bonds. The highest BCUT2D eigenvalue weighted by Crippen LogP contribution is 2.43. The average molecular weight is 472 g/mol. The second kappa shape index (κ2) is 8.22. The van der Waals surface area contributed by atoms with E-state index in [-0.39, 0.29) is 28.9 Å². The molecule has 0 bridgehead atoms. The summed E-state index contributed by atoms with van der Waals surface area (Å²) in [7, 11) is -7.10.